The summed E-state index contributed by atoms with van der Waals surface area (Å²) in [6.45, 7) is 15.9. The lowest BCUT2D eigenvalue weighted by Gasteiger charge is -2.30. The molecule has 2 unspecified atom stereocenters. The van der Waals surface area contributed by atoms with Gasteiger partial charge in [0, 0.05) is 12.8 Å². The normalized spacial score (nSPS) is 13.4. The summed E-state index contributed by atoms with van der Waals surface area (Å²) < 4.78 is 47.2. The molecular weight excluding hydrogens is 737 g/mol. The van der Waals surface area contributed by atoms with Crippen molar-refractivity contribution in [1.29, 1.82) is 0 Å². The number of unbranched alkanes of at least 4 members (excludes halogenated alkanes) is 14. The summed E-state index contributed by atoms with van der Waals surface area (Å²) >= 11 is 0. The predicted molar refractivity (Wildman–Crippen MR) is 245 cm³/mol. The minimum absolute atomic E-state index is 0.320. The van der Waals surface area contributed by atoms with Gasteiger partial charge in [-0.2, -0.15) is 0 Å². The zero-order chi connectivity index (χ0) is 42.4. The van der Waals surface area contributed by atoms with Crippen LogP contribution in [-0.4, -0.2) is 39.0 Å². The second-order valence-corrected chi connectivity index (χ2v) is 15.8. The van der Waals surface area contributed by atoms with Crippen LogP contribution >= 0.6 is 0 Å². The molecule has 2 aromatic rings. The second-order valence-electron chi connectivity index (χ2n) is 15.8. The summed E-state index contributed by atoms with van der Waals surface area (Å²) in [6.07, 6.45) is 22.8. The summed E-state index contributed by atoms with van der Waals surface area (Å²) in [4.78, 5) is 0. The zero-order valence-electron chi connectivity index (χ0n) is 38.6. The van der Waals surface area contributed by atoms with E-state index < -0.39 is 12.6 Å². The Bertz CT molecular complexity index is 1200. The van der Waals surface area contributed by atoms with Gasteiger partial charge in [-0.1, -0.05) is 192 Å². The van der Waals surface area contributed by atoms with Gasteiger partial charge in [0.25, 0.3) is 0 Å². The molecule has 7 heteroatoms. The Kier molecular flexibility index (Phi) is 32.5. The van der Waals surface area contributed by atoms with Crippen LogP contribution in [0.5, 0.6) is 0 Å². The average Bonchev–Trinajstić information content (AvgIpc) is 3.27. The van der Waals surface area contributed by atoms with E-state index in [0.29, 0.717) is 51.2 Å². The van der Waals surface area contributed by atoms with Crippen molar-refractivity contribution in [3.63, 3.8) is 0 Å². The first-order valence-corrected chi connectivity index (χ1v) is 24.0. The first-order chi connectivity index (χ1) is 29.1. The van der Waals surface area contributed by atoms with E-state index in [4.69, 9.17) is 33.2 Å². The van der Waals surface area contributed by atoms with E-state index in [0.717, 1.165) is 86.9 Å². The van der Waals surface area contributed by atoms with Gasteiger partial charge in [0.05, 0.1) is 39.6 Å². The van der Waals surface area contributed by atoms with Crippen LogP contribution < -0.4 is 0 Å². The molecular formula is C52H86O7. The number of ether oxygens (including phenoxy) is 7. The maximum Gasteiger partial charge on any atom is 0.223 e. The lowest BCUT2D eigenvalue weighted by atomic mass is 10.1. The summed E-state index contributed by atoms with van der Waals surface area (Å²) in [7, 11) is 0. The van der Waals surface area contributed by atoms with Crippen molar-refractivity contribution in [2.75, 3.05) is 26.4 Å². The van der Waals surface area contributed by atoms with Crippen molar-refractivity contribution in [3.05, 3.63) is 94.8 Å². The molecule has 0 spiro atoms. The van der Waals surface area contributed by atoms with Gasteiger partial charge in [0.15, 0.2) is 11.5 Å². The molecule has 0 saturated carbocycles. The fraction of sp³-hybridized carbons (Fsp3) is 0.692. The van der Waals surface area contributed by atoms with Crippen LogP contribution in [0.1, 0.15) is 194 Å². The molecule has 0 aliphatic rings. The molecule has 0 heterocycles. The van der Waals surface area contributed by atoms with E-state index >= 15 is 0 Å². The number of hydrogen-bond acceptors (Lipinski definition) is 7. The van der Waals surface area contributed by atoms with E-state index in [1.165, 1.54) is 77.0 Å². The van der Waals surface area contributed by atoms with Gasteiger partial charge in [-0.25, -0.2) is 0 Å². The highest BCUT2D eigenvalue weighted by molar-refractivity contribution is 5.15. The fourth-order valence-corrected chi connectivity index (χ4v) is 6.76. The third kappa shape index (κ3) is 24.8. The highest BCUT2D eigenvalue weighted by Gasteiger charge is 2.32. The third-order valence-electron chi connectivity index (χ3n) is 10.1. The lowest BCUT2D eigenvalue weighted by Crippen LogP contribution is -2.33. The van der Waals surface area contributed by atoms with Gasteiger partial charge in [-0.05, 0) is 49.7 Å². The van der Waals surface area contributed by atoms with E-state index in [9.17, 15) is 0 Å². The van der Waals surface area contributed by atoms with E-state index in [2.05, 4.69) is 65.8 Å². The van der Waals surface area contributed by atoms with E-state index in [1.807, 2.05) is 36.4 Å². The minimum Gasteiger partial charge on any atom is -0.494 e. The highest BCUT2D eigenvalue weighted by Crippen LogP contribution is 2.30. The van der Waals surface area contributed by atoms with Crippen LogP contribution in [0.25, 0.3) is 0 Å². The summed E-state index contributed by atoms with van der Waals surface area (Å²) in [5.41, 5.74) is 2.08. The molecule has 0 radical (unpaired) electrons. The highest BCUT2D eigenvalue weighted by atomic mass is 16.8. The largest absolute Gasteiger partial charge is 0.494 e. The first-order valence-electron chi connectivity index (χ1n) is 24.0. The smallest absolute Gasteiger partial charge is 0.223 e. The van der Waals surface area contributed by atoms with Gasteiger partial charge >= 0.3 is 0 Å². The van der Waals surface area contributed by atoms with Crippen molar-refractivity contribution in [3.8, 4) is 0 Å². The van der Waals surface area contributed by atoms with Crippen LogP contribution in [-0.2, 0) is 46.4 Å². The number of benzene rings is 2. The summed E-state index contributed by atoms with van der Waals surface area (Å²) in [5, 5.41) is 0. The van der Waals surface area contributed by atoms with E-state index in [-0.39, 0.29) is 0 Å². The van der Waals surface area contributed by atoms with Gasteiger partial charge in [0.2, 0.25) is 12.6 Å². The molecule has 2 aromatic carbocycles. The molecule has 0 saturated heterocycles. The standard InChI is InChI=1S/C52H86O7/c1-7-13-15-17-19-21-23-31-37-47(53-39-9-3)49(55-41-11-5)51(57-43-45-33-27-25-28-34-45)59-52(58-44-46-35-29-26-30-36-46)50(56-42-12-6)48(54-40-10-4)38-32-24-22-20-18-16-14-8-2/h25-30,33-36,51-52H,7-24,31-32,37-44H2,1-6H3. The Labute approximate surface area is 362 Å². The molecule has 0 aromatic heterocycles. The van der Waals surface area contributed by atoms with Gasteiger partial charge in [-0.3, -0.25) is 0 Å². The number of rotatable bonds is 40. The van der Waals surface area contributed by atoms with Gasteiger partial charge < -0.3 is 33.2 Å². The van der Waals surface area contributed by atoms with Crippen LogP contribution in [0.3, 0.4) is 0 Å². The minimum atomic E-state index is -0.931. The molecule has 7 nitrogen and oxygen atoms in total. The Morgan fingerprint density at radius 2 is 0.695 bits per heavy atom. The average molecular weight is 823 g/mol. The van der Waals surface area contributed by atoms with Crippen molar-refractivity contribution in [2.24, 2.45) is 0 Å². The van der Waals surface area contributed by atoms with Gasteiger partial charge in [0.1, 0.15) is 11.5 Å². The monoisotopic (exact) mass is 823 g/mol. The maximum atomic E-state index is 7.13. The zero-order valence-corrected chi connectivity index (χ0v) is 38.6. The molecule has 336 valence electrons. The lowest BCUT2D eigenvalue weighted by molar-refractivity contribution is -0.249. The fourth-order valence-electron chi connectivity index (χ4n) is 6.76. The predicted octanol–water partition coefficient (Wildman–Crippen LogP) is 15.3. The van der Waals surface area contributed by atoms with Crippen LogP contribution in [0, 0.1) is 0 Å². The first kappa shape index (κ1) is 52.1. The van der Waals surface area contributed by atoms with Crippen molar-refractivity contribution in [1.82, 2.24) is 0 Å². The van der Waals surface area contributed by atoms with Crippen LogP contribution in [0.15, 0.2) is 83.7 Å². The summed E-state index contributed by atoms with van der Waals surface area (Å²) in [6, 6.07) is 20.5. The van der Waals surface area contributed by atoms with Crippen molar-refractivity contribution in [2.45, 2.75) is 209 Å². The Morgan fingerprint density at radius 1 is 0.373 bits per heavy atom. The second kappa shape index (κ2) is 36.8. The Morgan fingerprint density at radius 3 is 1.03 bits per heavy atom. The topological polar surface area (TPSA) is 64.6 Å². The molecule has 59 heavy (non-hydrogen) atoms. The molecule has 0 aliphatic carbocycles. The SMILES string of the molecule is CCCCCCCCCCC(OCCC)=C(OCCC)C(OCc1ccccc1)OC(OCc1ccccc1)C(OCCC)=C(CCCCCCCCCC)OCCC. The van der Waals surface area contributed by atoms with E-state index in [1.54, 1.807) is 0 Å². The molecule has 0 amide bonds. The third-order valence-corrected chi connectivity index (χ3v) is 10.1. The molecule has 0 N–H and O–H groups in total. The quantitative estimate of drug-likeness (QED) is 0.0377. The molecule has 2 atom stereocenters. The van der Waals surface area contributed by atoms with Crippen LogP contribution in [0.4, 0.5) is 0 Å². The summed E-state index contributed by atoms with van der Waals surface area (Å²) in [5.74, 6) is 2.77. The maximum absolute atomic E-state index is 7.13. The molecule has 0 aliphatic heterocycles. The molecule has 0 fully saturated rings. The number of allylic oxidation sites excluding steroid dienone is 2. The molecule has 2 rings (SSSR count). The number of hydrogen-bond donors (Lipinski definition) is 0. The van der Waals surface area contributed by atoms with Crippen molar-refractivity contribution < 1.29 is 33.2 Å². The molecule has 0 bridgehead atoms. The van der Waals surface area contributed by atoms with Crippen molar-refractivity contribution >= 4 is 0 Å². The van der Waals surface area contributed by atoms with Crippen LogP contribution in [0.2, 0.25) is 0 Å². The van der Waals surface area contributed by atoms with Gasteiger partial charge in [-0.15, -0.1) is 0 Å². The Hall–Kier alpha value is -3.00. The Balaban J connectivity index is 2.62.